The van der Waals surface area contributed by atoms with Crippen molar-refractivity contribution in [1.29, 1.82) is 0 Å². The van der Waals surface area contributed by atoms with Gasteiger partial charge < -0.3 is 5.32 Å². The minimum atomic E-state index is -3.31. The van der Waals surface area contributed by atoms with Crippen molar-refractivity contribution < 1.29 is 18.0 Å². The molecule has 17 heavy (non-hydrogen) atoms. The molecule has 2 N–H and O–H groups in total. The summed E-state index contributed by atoms with van der Waals surface area (Å²) in [6, 6.07) is -0.551. The van der Waals surface area contributed by atoms with Gasteiger partial charge >= 0.3 is 6.03 Å². The summed E-state index contributed by atoms with van der Waals surface area (Å²) in [7, 11) is -3.31. The van der Waals surface area contributed by atoms with Gasteiger partial charge in [-0.05, 0) is 12.8 Å². The molecule has 2 heterocycles. The van der Waals surface area contributed by atoms with Gasteiger partial charge in [0.25, 0.3) is 5.91 Å². The average molecular weight is 261 g/mol. The first-order valence-corrected chi connectivity index (χ1v) is 7.12. The highest BCUT2D eigenvalue weighted by atomic mass is 32.2. The van der Waals surface area contributed by atoms with Crippen LogP contribution in [0.4, 0.5) is 4.79 Å². The van der Waals surface area contributed by atoms with E-state index in [1.54, 1.807) is 6.92 Å². The topological polar surface area (TPSA) is 95.6 Å². The SMILES string of the molecule is CCCS(=O)(=O)N1CCC2(C1)NC(=O)NC2=O. The smallest absolute Gasteiger partial charge is 0.322 e. The van der Waals surface area contributed by atoms with Crippen LogP contribution in [0.25, 0.3) is 0 Å². The van der Waals surface area contributed by atoms with E-state index in [2.05, 4.69) is 10.6 Å². The fourth-order valence-electron chi connectivity index (χ4n) is 2.21. The van der Waals surface area contributed by atoms with E-state index >= 15 is 0 Å². The number of nitrogens with one attached hydrogen (secondary N) is 2. The fraction of sp³-hybridized carbons (Fsp3) is 0.778. The van der Waals surface area contributed by atoms with E-state index in [1.165, 1.54) is 4.31 Å². The molecule has 1 unspecified atom stereocenters. The van der Waals surface area contributed by atoms with Gasteiger partial charge in [-0.15, -0.1) is 0 Å². The summed E-state index contributed by atoms with van der Waals surface area (Å²) in [4.78, 5) is 22.7. The Morgan fingerprint density at radius 1 is 1.41 bits per heavy atom. The van der Waals surface area contributed by atoms with Crippen molar-refractivity contribution in [3.8, 4) is 0 Å². The van der Waals surface area contributed by atoms with E-state index in [4.69, 9.17) is 0 Å². The first-order chi connectivity index (χ1) is 7.89. The highest BCUT2D eigenvalue weighted by Gasteiger charge is 2.52. The third-order valence-electron chi connectivity index (χ3n) is 3.10. The Hall–Kier alpha value is -1.15. The van der Waals surface area contributed by atoms with Crippen LogP contribution < -0.4 is 10.6 Å². The highest BCUT2D eigenvalue weighted by molar-refractivity contribution is 7.89. The van der Waals surface area contributed by atoms with Gasteiger partial charge in [-0.25, -0.2) is 13.2 Å². The molecule has 0 aromatic rings. The van der Waals surface area contributed by atoms with Crippen molar-refractivity contribution in [2.75, 3.05) is 18.8 Å². The molecule has 0 aromatic heterocycles. The lowest BCUT2D eigenvalue weighted by Gasteiger charge is -2.20. The van der Waals surface area contributed by atoms with E-state index in [0.29, 0.717) is 12.8 Å². The molecule has 1 spiro atoms. The summed E-state index contributed by atoms with van der Waals surface area (Å²) in [5, 5.41) is 4.66. The van der Waals surface area contributed by atoms with E-state index in [9.17, 15) is 18.0 Å². The van der Waals surface area contributed by atoms with E-state index < -0.39 is 27.5 Å². The molecule has 0 radical (unpaired) electrons. The highest BCUT2D eigenvalue weighted by Crippen LogP contribution is 2.26. The number of imide groups is 1. The minimum Gasteiger partial charge on any atom is -0.322 e. The van der Waals surface area contributed by atoms with Crippen molar-refractivity contribution in [3.63, 3.8) is 0 Å². The van der Waals surface area contributed by atoms with E-state index in [1.807, 2.05) is 0 Å². The van der Waals surface area contributed by atoms with Crippen LogP contribution >= 0.6 is 0 Å². The Morgan fingerprint density at radius 3 is 2.65 bits per heavy atom. The molecule has 3 amide bonds. The van der Waals surface area contributed by atoms with E-state index in [0.717, 1.165) is 0 Å². The lowest BCUT2D eigenvalue weighted by Crippen LogP contribution is -2.49. The number of carbonyl (C=O) groups is 2. The van der Waals surface area contributed by atoms with Crippen LogP contribution in [0.15, 0.2) is 0 Å². The second-order valence-corrected chi connectivity index (χ2v) is 6.48. The lowest BCUT2D eigenvalue weighted by atomic mass is 10.00. The van der Waals surface area contributed by atoms with Gasteiger partial charge in [-0.3, -0.25) is 10.1 Å². The third kappa shape index (κ3) is 2.02. The third-order valence-corrected chi connectivity index (χ3v) is 5.13. The minimum absolute atomic E-state index is 0.0346. The summed E-state index contributed by atoms with van der Waals surface area (Å²) >= 11 is 0. The van der Waals surface area contributed by atoms with Gasteiger partial charge in [-0.1, -0.05) is 6.92 Å². The summed E-state index contributed by atoms with van der Waals surface area (Å²) in [5.41, 5.74) is -1.06. The number of amides is 3. The molecule has 1 atom stereocenters. The number of hydrogen-bond donors (Lipinski definition) is 2. The molecule has 2 aliphatic rings. The molecular weight excluding hydrogens is 246 g/mol. The first-order valence-electron chi connectivity index (χ1n) is 5.51. The lowest BCUT2D eigenvalue weighted by molar-refractivity contribution is -0.123. The van der Waals surface area contributed by atoms with Crippen molar-refractivity contribution in [3.05, 3.63) is 0 Å². The molecule has 96 valence electrons. The zero-order valence-electron chi connectivity index (χ0n) is 9.52. The molecule has 2 rings (SSSR count). The van der Waals surface area contributed by atoms with Crippen LogP contribution in [-0.4, -0.2) is 49.0 Å². The summed E-state index contributed by atoms with van der Waals surface area (Å²) in [6.45, 7) is 2.09. The van der Waals surface area contributed by atoms with Gasteiger partial charge in [0.15, 0.2) is 0 Å². The molecular formula is C9H15N3O4S. The standard InChI is InChI=1S/C9H15N3O4S/c1-2-5-17(15,16)12-4-3-9(6-12)7(13)10-8(14)11-9/h2-6H2,1H3,(H2,10,11,13,14). The van der Waals surface area contributed by atoms with Crippen LogP contribution in [0.2, 0.25) is 0 Å². The maximum absolute atomic E-state index is 11.8. The molecule has 0 saturated carbocycles. The van der Waals surface area contributed by atoms with Crippen LogP contribution in [0.3, 0.4) is 0 Å². The molecule has 7 nitrogen and oxygen atoms in total. The summed E-state index contributed by atoms with van der Waals surface area (Å²) in [6.07, 6.45) is 0.859. The fourth-order valence-corrected chi connectivity index (χ4v) is 3.78. The van der Waals surface area contributed by atoms with Gasteiger partial charge in [0.05, 0.1) is 5.75 Å². The first kappa shape index (κ1) is 12.3. The van der Waals surface area contributed by atoms with E-state index in [-0.39, 0.29) is 18.8 Å². The number of urea groups is 1. The van der Waals surface area contributed by atoms with Crippen LogP contribution in [0.1, 0.15) is 19.8 Å². The van der Waals surface area contributed by atoms with Crippen LogP contribution in [0, 0.1) is 0 Å². The number of hydrogen-bond acceptors (Lipinski definition) is 4. The Balaban J connectivity index is 2.15. The number of rotatable bonds is 3. The molecule has 2 saturated heterocycles. The summed E-state index contributed by atoms with van der Waals surface area (Å²) < 4.78 is 25.0. The Labute approximate surface area is 99.6 Å². The molecule has 0 aromatic carbocycles. The Kier molecular flexibility index (Phi) is 2.86. The second kappa shape index (κ2) is 3.95. The average Bonchev–Trinajstić information content (AvgIpc) is 2.73. The maximum atomic E-state index is 11.8. The number of nitrogens with zero attached hydrogens (tertiary/aromatic N) is 1. The normalized spacial score (nSPS) is 29.7. The number of carbonyl (C=O) groups excluding carboxylic acids is 2. The zero-order chi connectivity index (χ0) is 12.7. The van der Waals surface area contributed by atoms with Gasteiger partial charge in [-0.2, -0.15) is 4.31 Å². The predicted molar refractivity (Wildman–Crippen MR) is 59.7 cm³/mol. The predicted octanol–water partition coefficient (Wildman–Crippen LogP) is -0.990. The molecule has 8 heteroatoms. The van der Waals surface area contributed by atoms with Crippen molar-refractivity contribution in [2.24, 2.45) is 0 Å². The Bertz CT molecular complexity index is 461. The number of sulfonamides is 1. The van der Waals surface area contributed by atoms with Crippen LogP contribution in [0.5, 0.6) is 0 Å². The van der Waals surface area contributed by atoms with Crippen molar-refractivity contribution >= 4 is 22.0 Å². The molecule has 2 aliphatic heterocycles. The van der Waals surface area contributed by atoms with Crippen LogP contribution in [-0.2, 0) is 14.8 Å². The molecule has 2 fully saturated rings. The van der Waals surface area contributed by atoms with Gasteiger partial charge in [0.1, 0.15) is 5.54 Å². The maximum Gasteiger partial charge on any atom is 0.322 e. The second-order valence-electron chi connectivity index (χ2n) is 4.39. The monoisotopic (exact) mass is 261 g/mol. The molecule has 0 aliphatic carbocycles. The quantitative estimate of drug-likeness (QED) is 0.638. The Morgan fingerprint density at radius 2 is 2.12 bits per heavy atom. The zero-order valence-corrected chi connectivity index (χ0v) is 10.3. The van der Waals surface area contributed by atoms with Crippen molar-refractivity contribution in [1.82, 2.24) is 14.9 Å². The van der Waals surface area contributed by atoms with Crippen molar-refractivity contribution in [2.45, 2.75) is 25.3 Å². The summed E-state index contributed by atoms with van der Waals surface area (Å²) in [5.74, 6) is -0.366. The largest absolute Gasteiger partial charge is 0.322 e. The molecule has 0 bridgehead atoms. The van der Waals surface area contributed by atoms with Gasteiger partial charge in [0, 0.05) is 13.1 Å². The van der Waals surface area contributed by atoms with Gasteiger partial charge in [0.2, 0.25) is 10.0 Å².